The average Bonchev–Trinajstić information content (AvgIpc) is 3.34. The lowest BCUT2D eigenvalue weighted by atomic mass is 10.0. The van der Waals surface area contributed by atoms with Crippen LogP contribution < -0.4 is 10.5 Å². The Morgan fingerprint density at radius 1 is 1.19 bits per heavy atom. The smallest absolute Gasteiger partial charge is 0.236 e. The Morgan fingerprint density at radius 2 is 1.89 bits per heavy atom. The predicted molar refractivity (Wildman–Crippen MR) is 141 cm³/mol. The zero-order valence-electron chi connectivity index (χ0n) is 20.2. The molecule has 36 heavy (non-hydrogen) atoms. The maximum atomic E-state index is 12.3. The van der Waals surface area contributed by atoms with Crippen LogP contribution in [-0.2, 0) is 11.4 Å². The second kappa shape index (κ2) is 11.3. The van der Waals surface area contributed by atoms with Crippen LogP contribution >= 0.6 is 23.2 Å². The molecule has 3 aromatic rings. The molecular formula is C25H29Cl2N7O2. The lowest BCUT2D eigenvalue weighted by Crippen LogP contribution is -2.43. The van der Waals surface area contributed by atoms with E-state index in [2.05, 4.69) is 10.1 Å². The quantitative estimate of drug-likeness (QED) is 0.338. The number of carbonyl (C=O) groups is 1. The molecule has 1 aromatic carbocycles. The van der Waals surface area contributed by atoms with Crippen molar-refractivity contribution in [3.63, 3.8) is 0 Å². The minimum Gasteiger partial charge on any atom is -0.489 e. The van der Waals surface area contributed by atoms with Gasteiger partial charge in [0.1, 0.15) is 12.4 Å². The van der Waals surface area contributed by atoms with E-state index in [1.54, 1.807) is 24.4 Å². The van der Waals surface area contributed by atoms with E-state index in [0.717, 1.165) is 12.8 Å². The monoisotopic (exact) mass is 529 g/mol. The van der Waals surface area contributed by atoms with E-state index < -0.39 is 0 Å². The highest BCUT2D eigenvalue weighted by Gasteiger charge is 2.25. The second-order valence-corrected chi connectivity index (χ2v) is 9.87. The fourth-order valence-electron chi connectivity index (χ4n) is 4.15. The fraction of sp³-hybridized carbons (Fsp3) is 0.360. The number of ether oxygens (including phenoxy) is 1. The summed E-state index contributed by atoms with van der Waals surface area (Å²) in [5.74, 6) is 0.683. The Bertz CT molecular complexity index is 1230. The maximum absolute atomic E-state index is 12.3. The van der Waals surface area contributed by atoms with Gasteiger partial charge in [0.25, 0.3) is 0 Å². The molecule has 1 aliphatic heterocycles. The summed E-state index contributed by atoms with van der Waals surface area (Å²) in [5.41, 5.74) is 8.75. The molecule has 0 saturated carbocycles. The highest BCUT2D eigenvalue weighted by molar-refractivity contribution is 6.35. The Balaban J connectivity index is 1.42. The number of likely N-dealkylation sites (tertiary alicyclic amines) is 1. The zero-order chi connectivity index (χ0) is 25.8. The molecule has 1 amide bonds. The molecule has 11 heteroatoms. The topological polar surface area (TPSA) is 113 Å². The summed E-state index contributed by atoms with van der Waals surface area (Å²) in [7, 11) is 3.79. The summed E-state index contributed by atoms with van der Waals surface area (Å²) in [6, 6.07) is 5.35. The molecule has 0 aliphatic carbocycles. The molecule has 1 fully saturated rings. The third-order valence-electron chi connectivity index (χ3n) is 6.16. The van der Waals surface area contributed by atoms with Crippen molar-refractivity contribution in [3.8, 4) is 5.75 Å². The number of nitrogens with zero attached hydrogens (tertiary/aromatic N) is 5. The number of pyridine rings is 1. The van der Waals surface area contributed by atoms with Crippen molar-refractivity contribution in [2.45, 2.75) is 25.5 Å². The molecule has 0 radical (unpaired) electrons. The van der Waals surface area contributed by atoms with E-state index in [0.29, 0.717) is 57.8 Å². The molecule has 0 bridgehead atoms. The van der Waals surface area contributed by atoms with Gasteiger partial charge in [0.15, 0.2) is 0 Å². The summed E-state index contributed by atoms with van der Waals surface area (Å²) >= 11 is 12.4. The van der Waals surface area contributed by atoms with E-state index in [4.69, 9.17) is 39.1 Å². The van der Waals surface area contributed by atoms with Gasteiger partial charge in [-0.05, 0) is 45.1 Å². The summed E-state index contributed by atoms with van der Waals surface area (Å²) in [4.78, 5) is 20.1. The summed E-state index contributed by atoms with van der Waals surface area (Å²) in [5, 5.41) is 14.1. The number of aromatic nitrogens is 3. The maximum Gasteiger partial charge on any atom is 0.236 e. The summed E-state index contributed by atoms with van der Waals surface area (Å²) in [6.45, 7) is 1.97. The van der Waals surface area contributed by atoms with E-state index in [9.17, 15) is 4.79 Å². The molecule has 2 aromatic heterocycles. The molecule has 1 saturated heterocycles. The van der Waals surface area contributed by atoms with Crippen molar-refractivity contribution in [2.75, 3.05) is 39.5 Å². The number of piperidine rings is 1. The number of nitrogens with two attached hydrogens (primary N) is 1. The number of hydrogen-bond donors (Lipinski definition) is 2. The summed E-state index contributed by atoms with van der Waals surface area (Å²) in [6.07, 6.45) is 8.21. The van der Waals surface area contributed by atoms with Gasteiger partial charge < -0.3 is 20.3 Å². The Hall–Kier alpha value is -3.14. The zero-order valence-corrected chi connectivity index (χ0v) is 21.8. The highest BCUT2D eigenvalue weighted by Crippen LogP contribution is 2.28. The minimum absolute atomic E-state index is 0.146. The molecular weight excluding hydrogens is 501 g/mol. The van der Waals surface area contributed by atoms with E-state index in [1.807, 2.05) is 34.8 Å². The first kappa shape index (κ1) is 25.9. The van der Waals surface area contributed by atoms with Crippen LogP contribution in [0.15, 0.2) is 43.0 Å². The SMILES string of the molecule is CN(C)CC(=O)N1CCC(n2cc(C(=N)c3cc(OCc4c(Cl)cncc4Cl)ccc3N)cn2)CC1. The lowest BCUT2D eigenvalue weighted by molar-refractivity contribution is -0.133. The van der Waals surface area contributed by atoms with Gasteiger partial charge in [0, 0.05) is 54.1 Å². The molecule has 1 aliphatic rings. The van der Waals surface area contributed by atoms with E-state index in [-0.39, 0.29) is 24.3 Å². The van der Waals surface area contributed by atoms with Crippen molar-refractivity contribution in [1.29, 1.82) is 5.41 Å². The molecule has 0 atom stereocenters. The number of anilines is 1. The first-order chi connectivity index (χ1) is 17.2. The number of benzene rings is 1. The molecule has 0 unspecified atom stereocenters. The van der Waals surface area contributed by atoms with Gasteiger partial charge in [-0.1, -0.05) is 23.2 Å². The van der Waals surface area contributed by atoms with Crippen LogP contribution in [0.3, 0.4) is 0 Å². The van der Waals surface area contributed by atoms with Crippen LogP contribution in [-0.4, -0.2) is 69.9 Å². The van der Waals surface area contributed by atoms with E-state index in [1.165, 1.54) is 12.4 Å². The molecule has 3 heterocycles. The minimum atomic E-state index is 0.146. The number of carbonyl (C=O) groups excluding carboxylic acids is 1. The first-order valence-corrected chi connectivity index (χ1v) is 12.3. The Morgan fingerprint density at radius 3 is 2.56 bits per heavy atom. The molecule has 9 nitrogen and oxygen atoms in total. The molecule has 4 rings (SSSR count). The van der Waals surface area contributed by atoms with Crippen LogP contribution in [0.25, 0.3) is 0 Å². The van der Waals surface area contributed by atoms with Crippen molar-refractivity contribution >= 4 is 40.5 Å². The number of nitrogen functional groups attached to an aromatic ring is 1. The molecule has 190 valence electrons. The average molecular weight is 530 g/mol. The van der Waals surface area contributed by atoms with Crippen LogP contribution in [0.2, 0.25) is 10.0 Å². The molecule has 0 spiro atoms. The standard InChI is InChI=1S/C25H29Cl2N7O2/c1-32(2)14-24(35)33-7-5-17(6-8-33)34-13-16(10-31-34)25(29)19-9-18(3-4-23(19)28)36-15-20-21(26)11-30-12-22(20)27/h3-4,9-13,17,29H,5-8,14-15,28H2,1-2H3. The third-order valence-corrected chi connectivity index (χ3v) is 6.81. The van der Waals surface area contributed by atoms with E-state index >= 15 is 0 Å². The highest BCUT2D eigenvalue weighted by atomic mass is 35.5. The van der Waals surface area contributed by atoms with Crippen molar-refractivity contribution in [2.24, 2.45) is 0 Å². The van der Waals surface area contributed by atoms with Gasteiger partial charge in [-0.3, -0.25) is 19.9 Å². The number of hydrogen-bond acceptors (Lipinski definition) is 7. The largest absolute Gasteiger partial charge is 0.489 e. The normalized spacial score (nSPS) is 14.3. The first-order valence-electron chi connectivity index (χ1n) is 11.6. The fourth-order valence-corrected chi connectivity index (χ4v) is 4.62. The number of nitrogens with one attached hydrogen (secondary N) is 1. The van der Waals surface area contributed by atoms with Crippen LogP contribution in [0.5, 0.6) is 5.75 Å². The van der Waals surface area contributed by atoms with Gasteiger partial charge in [-0.15, -0.1) is 0 Å². The number of rotatable bonds is 8. The van der Waals surface area contributed by atoms with Crippen molar-refractivity contribution < 1.29 is 9.53 Å². The van der Waals surface area contributed by atoms with Gasteiger partial charge in [0.05, 0.1) is 34.5 Å². The van der Waals surface area contributed by atoms with Crippen molar-refractivity contribution in [3.05, 3.63) is 69.7 Å². The molecule has 3 N–H and O–H groups in total. The van der Waals surface area contributed by atoms with Gasteiger partial charge in [0.2, 0.25) is 5.91 Å². The van der Waals surface area contributed by atoms with Gasteiger partial charge >= 0.3 is 0 Å². The third kappa shape index (κ3) is 5.98. The van der Waals surface area contributed by atoms with Crippen LogP contribution in [0, 0.1) is 5.41 Å². The van der Waals surface area contributed by atoms with Gasteiger partial charge in [-0.25, -0.2) is 0 Å². The second-order valence-electron chi connectivity index (χ2n) is 9.05. The number of amides is 1. The van der Waals surface area contributed by atoms with Crippen molar-refractivity contribution in [1.82, 2.24) is 24.6 Å². The lowest BCUT2D eigenvalue weighted by Gasteiger charge is -2.32. The Labute approximate surface area is 220 Å². The Kier molecular flexibility index (Phi) is 8.13. The summed E-state index contributed by atoms with van der Waals surface area (Å²) < 4.78 is 7.77. The van der Waals surface area contributed by atoms with Gasteiger partial charge in [-0.2, -0.15) is 5.10 Å². The van der Waals surface area contributed by atoms with Crippen LogP contribution in [0.4, 0.5) is 5.69 Å². The predicted octanol–water partition coefficient (Wildman–Crippen LogP) is 3.89. The number of likely N-dealkylation sites (N-methyl/N-ethyl adjacent to an activating group) is 1. The number of halogens is 2. The van der Waals surface area contributed by atoms with Crippen LogP contribution in [0.1, 0.15) is 35.6 Å².